The number of amides is 2. The molecule has 1 aliphatic rings. The number of rotatable bonds is 6. The van der Waals surface area contributed by atoms with E-state index in [0.717, 1.165) is 17.7 Å². The average molecular weight is 332 g/mol. The van der Waals surface area contributed by atoms with Crippen molar-refractivity contribution in [3.63, 3.8) is 0 Å². The normalized spacial score (nSPS) is 20.3. The van der Waals surface area contributed by atoms with Crippen molar-refractivity contribution in [1.82, 2.24) is 10.2 Å². The minimum Gasteiger partial charge on any atom is -0.497 e. The molecule has 1 heterocycles. The van der Waals surface area contributed by atoms with Crippen LogP contribution in [0.3, 0.4) is 0 Å². The third kappa shape index (κ3) is 4.08. The number of methoxy groups -OCH3 is 1. The van der Waals surface area contributed by atoms with Crippen LogP contribution in [0.2, 0.25) is 0 Å². The number of carbonyl (C=O) groups is 2. The fourth-order valence-corrected chi connectivity index (χ4v) is 3.18. The summed E-state index contributed by atoms with van der Waals surface area (Å²) in [6.45, 7) is 7.58. The summed E-state index contributed by atoms with van der Waals surface area (Å²) in [5, 5.41) is 2.98. The number of nitrogens with one attached hydrogen (secondary N) is 1. The fraction of sp³-hybridized carbons (Fsp3) is 0.579. The first-order chi connectivity index (χ1) is 11.5. The molecule has 0 saturated carbocycles. The van der Waals surface area contributed by atoms with Gasteiger partial charge in [-0.2, -0.15) is 0 Å². The van der Waals surface area contributed by atoms with Crippen molar-refractivity contribution in [3.8, 4) is 5.75 Å². The summed E-state index contributed by atoms with van der Waals surface area (Å²) < 4.78 is 5.21. The van der Waals surface area contributed by atoms with Crippen molar-refractivity contribution in [2.24, 2.45) is 11.8 Å². The molecule has 2 amide bonds. The maximum absolute atomic E-state index is 12.6. The van der Waals surface area contributed by atoms with Gasteiger partial charge in [-0.1, -0.05) is 32.9 Å². The lowest BCUT2D eigenvalue weighted by Crippen LogP contribution is -2.36. The van der Waals surface area contributed by atoms with Gasteiger partial charge < -0.3 is 15.0 Å². The molecular formula is C19H28N2O3. The van der Waals surface area contributed by atoms with E-state index in [0.29, 0.717) is 19.6 Å². The molecule has 0 aromatic heterocycles. The predicted molar refractivity (Wildman–Crippen MR) is 93.9 cm³/mol. The van der Waals surface area contributed by atoms with Gasteiger partial charge in [0.2, 0.25) is 11.8 Å². The van der Waals surface area contributed by atoms with E-state index >= 15 is 0 Å². The second-order valence-corrected chi connectivity index (χ2v) is 6.68. The zero-order valence-corrected chi connectivity index (χ0v) is 15.0. The van der Waals surface area contributed by atoms with E-state index in [2.05, 4.69) is 5.32 Å². The molecule has 1 aromatic carbocycles. The molecule has 0 bridgehead atoms. The summed E-state index contributed by atoms with van der Waals surface area (Å²) >= 11 is 0. The summed E-state index contributed by atoms with van der Waals surface area (Å²) in [4.78, 5) is 26.8. The molecule has 1 aromatic rings. The Kier molecular flexibility index (Phi) is 6.23. The number of likely N-dealkylation sites (tertiary alicyclic amines) is 1. The number of hydrogen-bond donors (Lipinski definition) is 1. The Morgan fingerprint density at radius 1 is 1.25 bits per heavy atom. The molecular weight excluding hydrogens is 304 g/mol. The van der Waals surface area contributed by atoms with Crippen molar-refractivity contribution < 1.29 is 14.3 Å². The van der Waals surface area contributed by atoms with Crippen molar-refractivity contribution in [1.29, 1.82) is 0 Å². The highest BCUT2D eigenvalue weighted by molar-refractivity contribution is 5.84. The van der Waals surface area contributed by atoms with Crippen molar-refractivity contribution in [2.75, 3.05) is 26.7 Å². The monoisotopic (exact) mass is 332 g/mol. The van der Waals surface area contributed by atoms with E-state index in [9.17, 15) is 9.59 Å². The Morgan fingerprint density at radius 2 is 1.92 bits per heavy atom. The SMILES string of the molecule is CCCNC(=O)C1CN(C(=O)C(C)C)CC1c1ccc(OC)cc1. The number of ether oxygens (including phenoxy) is 1. The maximum Gasteiger partial charge on any atom is 0.225 e. The van der Waals surface area contributed by atoms with Crippen LogP contribution < -0.4 is 10.1 Å². The van der Waals surface area contributed by atoms with E-state index in [1.54, 1.807) is 7.11 Å². The van der Waals surface area contributed by atoms with Gasteiger partial charge in [-0.3, -0.25) is 9.59 Å². The molecule has 24 heavy (non-hydrogen) atoms. The first-order valence-electron chi connectivity index (χ1n) is 8.68. The zero-order chi connectivity index (χ0) is 17.7. The standard InChI is InChI=1S/C19H28N2O3/c1-5-10-20-18(22)17-12-21(19(23)13(2)3)11-16(17)14-6-8-15(24-4)9-7-14/h6-9,13,16-17H,5,10-12H2,1-4H3,(H,20,22). The van der Waals surface area contributed by atoms with Crippen LogP contribution in [0.5, 0.6) is 5.75 Å². The molecule has 1 fully saturated rings. The lowest BCUT2D eigenvalue weighted by molar-refractivity contribution is -0.133. The molecule has 5 heteroatoms. The molecule has 1 saturated heterocycles. The van der Waals surface area contributed by atoms with Crippen LogP contribution >= 0.6 is 0 Å². The van der Waals surface area contributed by atoms with E-state index in [1.807, 2.05) is 49.9 Å². The lowest BCUT2D eigenvalue weighted by atomic mass is 9.88. The molecule has 0 spiro atoms. The highest BCUT2D eigenvalue weighted by Crippen LogP contribution is 2.34. The molecule has 0 aliphatic carbocycles. The van der Waals surface area contributed by atoms with E-state index in [-0.39, 0.29) is 29.6 Å². The van der Waals surface area contributed by atoms with Crippen molar-refractivity contribution >= 4 is 11.8 Å². The van der Waals surface area contributed by atoms with Crippen LogP contribution in [0, 0.1) is 11.8 Å². The summed E-state index contributed by atoms with van der Waals surface area (Å²) in [5.41, 5.74) is 1.08. The summed E-state index contributed by atoms with van der Waals surface area (Å²) in [5.74, 6) is 0.706. The summed E-state index contributed by atoms with van der Waals surface area (Å²) in [6.07, 6.45) is 0.903. The molecule has 2 unspecified atom stereocenters. The molecule has 2 rings (SSSR count). The molecule has 132 valence electrons. The minimum absolute atomic E-state index is 0.0236. The van der Waals surface area contributed by atoms with Crippen molar-refractivity contribution in [3.05, 3.63) is 29.8 Å². The number of benzene rings is 1. The maximum atomic E-state index is 12.6. The van der Waals surface area contributed by atoms with Crippen LogP contribution in [-0.4, -0.2) is 43.5 Å². The van der Waals surface area contributed by atoms with E-state index in [4.69, 9.17) is 4.74 Å². The van der Waals surface area contributed by atoms with Gasteiger partial charge in [0.25, 0.3) is 0 Å². The van der Waals surface area contributed by atoms with Gasteiger partial charge in [0.15, 0.2) is 0 Å². The van der Waals surface area contributed by atoms with Gasteiger partial charge in [-0.15, -0.1) is 0 Å². The zero-order valence-electron chi connectivity index (χ0n) is 15.0. The van der Waals surface area contributed by atoms with Gasteiger partial charge in [0.1, 0.15) is 5.75 Å². The lowest BCUT2D eigenvalue weighted by Gasteiger charge is -2.18. The third-order valence-corrected chi connectivity index (χ3v) is 4.56. The number of hydrogen-bond acceptors (Lipinski definition) is 3. The molecule has 0 radical (unpaired) electrons. The van der Waals surface area contributed by atoms with Crippen molar-refractivity contribution in [2.45, 2.75) is 33.1 Å². The van der Waals surface area contributed by atoms with Gasteiger partial charge in [-0.05, 0) is 24.1 Å². The van der Waals surface area contributed by atoms with Gasteiger partial charge in [0, 0.05) is 31.5 Å². The first kappa shape index (κ1) is 18.3. The van der Waals surface area contributed by atoms with Gasteiger partial charge >= 0.3 is 0 Å². The third-order valence-electron chi connectivity index (χ3n) is 4.56. The Bertz CT molecular complexity index is 568. The second kappa shape index (κ2) is 8.18. The van der Waals surface area contributed by atoms with Crippen LogP contribution in [-0.2, 0) is 9.59 Å². The largest absolute Gasteiger partial charge is 0.497 e. The Hall–Kier alpha value is -2.04. The molecule has 1 aliphatic heterocycles. The fourth-order valence-electron chi connectivity index (χ4n) is 3.18. The Morgan fingerprint density at radius 3 is 2.46 bits per heavy atom. The average Bonchev–Trinajstić information content (AvgIpc) is 3.04. The summed E-state index contributed by atoms with van der Waals surface area (Å²) in [6, 6.07) is 7.80. The Balaban J connectivity index is 2.22. The first-order valence-corrected chi connectivity index (χ1v) is 8.68. The topological polar surface area (TPSA) is 58.6 Å². The van der Waals surface area contributed by atoms with Crippen LogP contribution in [0.4, 0.5) is 0 Å². The smallest absolute Gasteiger partial charge is 0.225 e. The van der Waals surface area contributed by atoms with E-state index in [1.165, 1.54) is 0 Å². The number of nitrogens with zero attached hydrogens (tertiary/aromatic N) is 1. The van der Waals surface area contributed by atoms with E-state index < -0.39 is 0 Å². The highest BCUT2D eigenvalue weighted by atomic mass is 16.5. The predicted octanol–water partition coefficient (Wildman–Crippen LogP) is 2.42. The molecule has 5 nitrogen and oxygen atoms in total. The molecule has 1 N–H and O–H groups in total. The van der Waals surface area contributed by atoms with Gasteiger partial charge in [-0.25, -0.2) is 0 Å². The summed E-state index contributed by atoms with van der Waals surface area (Å²) in [7, 11) is 1.63. The minimum atomic E-state index is -0.201. The van der Waals surface area contributed by atoms with Crippen LogP contribution in [0.15, 0.2) is 24.3 Å². The van der Waals surface area contributed by atoms with Crippen LogP contribution in [0.1, 0.15) is 38.7 Å². The second-order valence-electron chi connectivity index (χ2n) is 6.68. The number of carbonyl (C=O) groups excluding carboxylic acids is 2. The Labute approximate surface area is 144 Å². The highest BCUT2D eigenvalue weighted by Gasteiger charge is 2.40. The van der Waals surface area contributed by atoms with Gasteiger partial charge in [0.05, 0.1) is 13.0 Å². The quantitative estimate of drug-likeness (QED) is 0.870. The van der Waals surface area contributed by atoms with Crippen LogP contribution in [0.25, 0.3) is 0 Å². The molecule has 2 atom stereocenters.